The average molecular weight is 261 g/mol. The van der Waals surface area contributed by atoms with Crippen molar-refractivity contribution in [2.75, 3.05) is 7.11 Å². The first-order valence-corrected chi connectivity index (χ1v) is 5.58. The molecule has 0 atom stereocenters. The van der Waals surface area contributed by atoms with Crippen LogP contribution in [0.25, 0.3) is 0 Å². The van der Waals surface area contributed by atoms with Crippen molar-refractivity contribution in [2.45, 2.75) is 6.92 Å². The minimum absolute atomic E-state index is 0.0382. The number of aromatic nitrogens is 1. The molecule has 0 N–H and O–H groups in total. The van der Waals surface area contributed by atoms with Crippen molar-refractivity contribution in [3.63, 3.8) is 0 Å². The lowest BCUT2D eigenvalue weighted by molar-refractivity contribution is 0.0599. The van der Waals surface area contributed by atoms with Gasteiger partial charge in [-0.25, -0.2) is 14.2 Å². The summed E-state index contributed by atoms with van der Waals surface area (Å²) in [4.78, 5) is 15.0. The quantitative estimate of drug-likeness (QED) is 0.796. The van der Waals surface area contributed by atoms with Crippen molar-refractivity contribution in [3.05, 3.63) is 53.5 Å². The summed E-state index contributed by atoms with van der Waals surface area (Å²) in [5, 5.41) is 0. The molecule has 19 heavy (non-hydrogen) atoms. The second-order valence-corrected chi connectivity index (χ2v) is 3.92. The Morgan fingerprint density at radius 2 is 1.95 bits per heavy atom. The summed E-state index contributed by atoms with van der Waals surface area (Å²) in [6, 6.07) is 8.14. The van der Waals surface area contributed by atoms with Crippen molar-refractivity contribution in [1.29, 1.82) is 0 Å². The molecule has 0 radical (unpaired) electrons. The summed E-state index contributed by atoms with van der Waals surface area (Å²) in [6.45, 7) is 1.94. The lowest BCUT2D eigenvalue weighted by Gasteiger charge is -2.06. The lowest BCUT2D eigenvalue weighted by Crippen LogP contribution is -2.03. The van der Waals surface area contributed by atoms with Crippen molar-refractivity contribution < 1.29 is 18.7 Å². The van der Waals surface area contributed by atoms with Crippen LogP contribution in [0, 0.1) is 12.7 Å². The summed E-state index contributed by atoms with van der Waals surface area (Å²) in [7, 11) is 1.22. The average Bonchev–Trinajstić information content (AvgIpc) is 2.42. The van der Waals surface area contributed by atoms with Crippen LogP contribution in [0.2, 0.25) is 0 Å². The molecule has 1 aromatic carbocycles. The van der Waals surface area contributed by atoms with E-state index in [1.807, 2.05) is 19.1 Å². The summed E-state index contributed by atoms with van der Waals surface area (Å²) >= 11 is 0. The van der Waals surface area contributed by atoms with Crippen LogP contribution in [-0.4, -0.2) is 18.1 Å². The fourth-order valence-corrected chi connectivity index (χ4v) is 1.45. The zero-order valence-electron chi connectivity index (χ0n) is 10.5. The van der Waals surface area contributed by atoms with Gasteiger partial charge in [0.1, 0.15) is 5.75 Å². The number of hydrogen-bond donors (Lipinski definition) is 0. The highest BCUT2D eigenvalue weighted by molar-refractivity contribution is 5.88. The van der Waals surface area contributed by atoms with Crippen molar-refractivity contribution >= 4 is 5.97 Å². The molecule has 0 aliphatic rings. The van der Waals surface area contributed by atoms with Gasteiger partial charge in [-0.3, -0.25) is 0 Å². The van der Waals surface area contributed by atoms with E-state index in [0.717, 1.165) is 11.6 Å². The summed E-state index contributed by atoms with van der Waals surface area (Å²) in [5.41, 5.74) is 1.11. The van der Waals surface area contributed by atoms with Crippen LogP contribution in [0.5, 0.6) is 11.6 Å². The monoisotopic (exact) mass is 261 g/mol. The SMILES string of the molecule is COC(=O)c1cnc(Oc2ccc(C)cc2)c(F)c1. The van der Waals surface area contributed by atoms with Gasteiger partial charge < -0.3 is 9.47 Å². The number of carbonyl (C=O) groups excluding carboxylic acids is 1. The van der Waals surface area contributed by atoms with Gasteiger partial charge in [-0.05, 0) is 25.1 Å². The van der Waals surface area contributed by atoms with E-state index in [-0.39, 0.29) is 11.4 Å². The highest BCUT2D eigenvalue weighted by Gasteiger charge is 2.12. The van der Waals surface area contributed by atoms with Gasteiger partial charge in [0, 0.05) is 6.20 Å². The molecule has 1 heterocycles. The number of hydrogen-bond acceptors (Lipinski definition) is 4. The number of nitrogens with zero attached hydrogens (tertiary/aromatic N) is 1. The minimum Gasteiger partial charge on any atom is -0.465 e. The molecule has 0 bridgehead atoms. The topological polar surface area (TPSA) is 48.4 Å². The van der Waals surface area contributed by atoms with Gasteiger partial charge in [-0.2, -0.15) is 0 Å². The Hall–Kier alpha value is -2.43. The Bertz CT molecular complexity index is 596. The molecule has 0 aliphatic heterocycles. The van der Waals surface area contributed by atoms with E-state index in [9.17, 15) is 9.18 Å². The van der Waals surface area contributed by atoms with Crippen molar-refractivity contribution in [3.8, 4) is 11.6 Å². The Morgan fingerprint density at radius 3 is 2.53 bits per heavy atom. The molecular weight excluding hydrogens is 249 g/mol. The first-order chi connectivity index (χ1) is 9.10. The minimum atomic E-state index is -0.719. The molecule has 0 saturated carbocycles. The van der Waals surface area contributed by atoms with Crippen LogP contribution >= 0.6 is 0 Å². The summed E-state index contributed by atoms with van der Waals surface area (Å²) in [6.07, 6.45) is 1.21. The molecule has 0 amide bonds. The highest BCUT2D eigenvalue weighted by atomic mass is 19.1. The summed E-state index contributed by atoms with van der Waals surface area (Å²) < 4.78 is 23.5. The highest BCUT2D eigenvalue weighted by Crippen LogP contribution is 2.23. The molecule has 2 rings (SSSR count). The number of pyridine rings is 1. The van der Waals surface area contributed by atoms with Crippen LogP contribution < -0.4 is 4.74 Å². The Morgan fingerprint density at radius 1 is 1.26 bits per heavy atom. The molecule has 0 aliphatic carbocycles. The molecule has 98 valence electrons. The molecule has 2 aromatic rings. The first kappa shape index (κ1) is 13.0. The van der Waals surface area contributed by atoms with E-state index < -0.39 is 11.8 Å². The van der Waals surface area contributed by atoms with Crippen LogP contribution in [0.1, 0.15) is 15.9 Å². The molecule has 1 aromatic heterocycles. The first-order valence-electron chi connectivity index (χ1n) is 5.58. The number of halogens is 1. The largest absolute Gasteiger partial charge is 0.465 e. The zero-order valence-corrected chi connectivity index (χ0v) is 10.5. The van der Waals surface area contributed by atoms with Crippen LogP contribution in [0.4, 0.5) is 4.39 Å². The third-order valence-corrected chi connectivity index (χ3v) is 2.46. The maximum absolute atomic E-state index is 13.7. The molecule has 0 unspecified atom stereocenters. The fourth-order valence-electron chi connectivity index (χ4n) is 1.45. The van der Waals surface area contributed by atoms with Crippen LogP contribution in [0.3, 0.4) is 0 Å². The van der Waals surface area contributed by atoms with E-state index in [1.54, 1.807) is 12.1 Å². The van der Waals surface area contributed by atoms with E-state index in [2.05, 4.69) is 9.72 Å². The molecule has 0 fully saturated rings. The smallest absolute Gasteiger partial charge is 0.339 e. The predicted molar refractivity (Wildman–Crippen MR) is 66.8 cm³/mol. The molecular formula is C14H12FNO3. The third kappa shape index (κ3) is 3.07. The van der Waals surface area contributed by atoms with Gasteiger partial charge in [0.05, 0.1) is 12.7 Å². The van der Waals surface area contributed by atoms with Gasteiger partial charge in [-0.1, -0.05) is 17.7 Å². The number of rotatable bonds is 3. The van der Waals surface area contributed by atoms with Gasteiger partial charge in [0.15, 0.2) is 5.82 Å². The van der Waals surface area contributed by atoms with Gasteiger partial charge in [0.2, 0.25) is 0 Å². The Labute approximate surface area is 109 Å². The van der Waals surface area contributed by atoms with Crippen LogP contribution in [-0.2, 0) is 4.74 Å². The molecule has 4 nitrogen and oxygen atoms in total. The standard InChI is InChI=1S/C14H12FNO3/c1-9-3-5-11(6-4-9)19-13-12(15)7-10(8-16-13)14(17)18-2/h3-8H,1-2H3. The van der Waals surface area contributed by atoms with Gasteiger partial charge in [0.25, 0.3) is 5.88 Å². The number of ether oxygens (including phenoxy) is 2. The third-order valence-electron chi connectivity index (χ3n) is 2.46. The van der Waals surface area contributed by atoms with Gasteiger partial charge >= 0.3 is 5.97 Å². The normalized spacial score (nSPS) is 10.1. The number of methoxy groups -OCH3 is 1. The fraction of sp³-hybridized carbons (Fsp3) is 0.143. The molecule has 5 heteroatoms. The number of esters is 1. The zero-order chi connectivity index (χ0) is 13.8. The maximum atomic E-state index is 13.7. The van der Waals surface area contributed by atoms with Gasteiger partial charge in [-0.15, -0.1) is 0 Å². The second-order valence-electron chi connectivity index (χ2n) is 3.92. The predicted octanol–water partition coefficient (Wildman–Crippen LogP) is 3.11. The molecule has 0 spiro atoms. The number of carbonyl (C=O) groups is 1. The maximum Gasteiger partial charge on any atom is 0.339 e. The number of aryl methyl sites for hydroxylation is 1. The van der Waals surface area contributed by atoms with E-state index in [1.165, 1.54) is 13.3 Å². The number of benzene rings is 1. The lowest BCUT2D eigenvalue weighted by atomic mass is 10.2. The van der Waals surface area contributed by atoms with E-state index >= 15 is 0 Å². The van der Waals surface area contributed by atoms with E-state index in [0.29, 0.717) is 5.75 Å². The van der Waals surface area contributed by atoms with Crippen molar-refractivity contribution in [1.82, 2.24) is 4.98 Å². The Balaban J connectivity index is 2.22. The second kappa shape index (κ2) is 5.48. The molecule has 0 saturated heterocycles. The Kier molecular flexibility index (Phi) is 3.75. The summed E-state index contributed by atoms with van der Waals surface area (Å²) in [5.74, 6) is -1.07. The van der Waals surface area contributed by atoms with Crippen LogP contribution in [0.15, 0.2) is 36.5 Å². The van der Waals surface area contributed by atoms with E-state index in [4.69, 9.17) is 4.74 Å². The van der Waals surface area contributed by atoms with Crippen molar-refractivity contribution in [2.24, 2.45) is 0 Å².